The van der Waals surface area contributed by atoms with E-state index in [4.69, 9.17) is 33.8 Å². The number of hydrazine groups is 1. The van der Waals surface area contributed by atoms with Gasteiger partial charge >= 0.3 is 0 Å². The maximum Gasteiger partial charge on any atom is 0.161 e. The van der Waals surface area contributed by atoms with Crippen molar-refractivity contribution in [2.75, 3.05) is 7.11 Å². The molecule has 0 amide bonds. The molecule has 104 valence electrons. The fourth-order valence-corrected chi connectivity index (χ4v) is 3.48. The van der Waals surface area contributed by atoms with Gasteiger partial charge in [-0.2, -0.15) is 5.10 Å². The smallest absolute Gasteiger partial charge is 0.161 e. The normalized spacial score (nSPS) is 12.7. The Hall–Kier alpha value is -0.790. The van der Waals surface area contributed by atoms with E-state index in [-0.39, 0.29) is 6.04 Å². The molecule has 0 aliphatic heterocycles. The molecule has 0 fully saturated rings. The van der Waals surface area contributed by atoms with Crippen molar-refractivity contribution >= 4 is 34.5 Å². The van der Waals surface area contributed by atoms with Crippen LogP contribution in [-0.4, -0.2) is 16.9 Å². The van der Waals surface area contributed by atoms with E-state index in [9.17, 15) is 0 Å². The van der Waals surface area contributed by atoms with Gasteiger partial charge in [0.1, 0.15) is 5.69 Å². The minimum absolute atomic E-state index is 0.325. The number of hydrogen-bond acceptors (Lipinski definition) is 5. The molecule has 0 spiro atoms. The van der Waals surface area contributed by atoms with E-state index < -0.39 is 0 Å². The van der Waals surface area contributed by atoms with Crippen molar-refractivity contribution in [1.82, 2.24) is 15.2 Å². The molecule has 19 heavy (non-hydrogen) atoms. The fourth-order valence-electron chi connectivity index (χ4n) is 1.94. The van der Waals surface area contributed by atoms with Crippen molar-refractivity contribution in [3.63, 3.8) is 0 Å². The monoisotopic (exact) mass is 320 g/mol. The Labute approximate surface area is 125 Å². The predicted molar refractivity (Wildman–Crippen MR) is 78.0 cm³/mol. The predicted octanol–water partition coefficient (Wildman–Crippen LogP) is 2.83. The van der Waals surface area contributed by atoms with Crippen LogP contribution in [0.4, 0.5) is 0 Å². The zero-order chi connectivity index (χ0) is 14.0. The number of methoxy groups -OCH3 is 1. The molecule has 2 aromatic rings. The van der Waals surface area contributed by atoms with Crippen LogP contribution >= 0.6 is 34.5 Å². The number of rotatable bonds is 5. The van der Waals surface area contributed by atoms with Crippen molar-refractivity contribution in [3.8, 4) is 5.75 Å². The largest absolute Gasteiger partial charge is 0.493 e. The first kappa shape index (κ1) is 14.6. The van der Waals surface area contributed by atoms with E-state index in [1.165, 1.54) is 11.3 Å². The van der Waals surface area contributed by atoms with E-state index in [0.29, 0.717) is 21.0 Å². The minimum atomic E-state index is -0.325. The Morgan fingerprint density at radius 1 is 1.58 bits per heavy atom. The maximum atomic E-state index is 6.19. The maximum absolute atomic E-state index is 6.19. The number of halogens is 2. The first-order valence-electron chi connectivity index (χ1n) is 5.62. The van der Waals surface area contributed by atoms with Gasteiger partial charge in [0.2, 0.25) is 0 Å². The lowest BCUT2D eigenvalue weighted by molar-refractivity contribution is 0.399. The van der Waals surface area contributed by atoms with Crippen LogP contribution in [0, 0.1) is 0 Å². The molecule has 3 N–H and O–H groups in total. The molecule has 1 atom stereocenters. The second-order valence-corrected chi connectivity index (χ2v) is 6.08. The highest BCUT2D eigenvalue weighted by Crippen LogP contribution is 2.39. The molecule has 1 unspecified atom stereocenters. The molecule has 5 nitrogen and oxygen atoms in total. The summed E-state index contributed by atoms with van der Waals surface area (Å²) in [6, 6.07) is 1.47. The van der Waals surface area contributed by atoms with E-state index in [1.807, 2.05) is 11.6 Å². The van der Waals surface area contributed by atoms with Gasteiger partial charge in [-0.3, -0.25) is 10.5 Å². The first-order valence-corrected chi connectivity index (χ1v) is 7.20. The van der Waals surface area contributed by atoms with E-state index in [0.717, 1.165) is 11.3 Å². The standard InChI is InChI=1S/C11H14Cl2N4OS/c1-3-17-10(7(18-2)5-15-17)9(16-14)6-4-8(12)19-11(6)13/h4-5,9,16H,3,14H2,1-2H3. The highest BCUT2D eigenvalue weighted by molar-refractivity contribution is 7.20. The molecule has 2 rings (SSSR count). The molecular formula is C11H14Cl2N4OS. The number of nitrogens with zero attached hydrogens (tertiary/aromatic N) is 2. The lowest BCUT2D eigenvalue weighted by atomic mass is 10.1. The van der Waals surface area contributed by atoms with Gasteiger partial charge in [0.05, 0.1) is 28.0 Å². The van der Waals surface area contributed by atoms with Crippen molar-refractivity contribution in [2.45, 2.75) is 19.5 Å². The molecule has 0 aromatic carbocycles. The quantitative estimate of drug-likeness (QED) is 0.656. The Balaban J connectivity index is 2.53. The summed E-state index contributed by atoms with van der Waals surface area (Å²) >= 11 is 13.5. The lowest BCUT2D eigenvalue weighted by Gasteiger charge is -2.18. The zero-order valence-corrected chi connectivity index (χ0v) is 12.8. The summed E-state index contributed by atoms with van der Waals surface area (Å²) in [5.74, 6) is 6.33. The van der Waals surface area contributed by atoms with Crippen LogP contribution in [0.3, 0.4) is 0 Å². The average Bonchev–Trinajstić information content (AvgIpc) is 2.94. The second kappa shape index (κ2) is 6.11. The Morgan fingerprint density at radius 3 is 2.79 bits per heavy atom. The van der Waals surface area contributed by atoms with Crippen LogP contribution in [0.15, 0.2) is 12.3 Å². The van der Waals surface area contributed by atoms with Crippen molar-refractivity contribution in [3.05, 3.63) is 32.2 Å². The summed E-state index contributed by atoms with van der Waals surface area (Å²) < 4.78 is 8.35. The number of thiophene rings is 1. The third-order valence-corrected chi connectivity index (χ3v) is 4.32. The van der Waals surface area contributed by atoms with Gasteiger partial charge in [-0.05, 0) is 13.0 Å². The molecule has 0 aliphatic carbocycles. The summed E-state index contributed by atoms with van der Waals surface area (Å²) in [5, 5.41) is 4.26. The number of aromatic nitrogens is 2. The molecule has 0 bridgehead atoms. The van der Waals surface area contributed by atoms with Crippen molar-refractivity contribution < 1.29 is 4.74 Å². The second-order valence-electron chi connectivity index (χ2n) is 3.79. The summed E-state index contributed by atoms with van der Waals surface area (Å²) in [4.78, 5) is 0. The zero-order valence-electron chi connectivity index (χ0n) is 10.5. The van der Waals surface area contributed by atoms with Gasteiger partial charge in [-0.15, -0.1) is 11.3 Å². The van der Waals surface area contributed by atoms with Crippen molar-refractivity contribution in [1.29, 1.82) is 0 Å². The average molecular weight is 321 g/mol. The van der Waals surface area contributed by atoms with Crippen LogP contribution in [0.25, 0.3) is 0 Å². The van der Waals surface area contributed by atoms with E-state index in [2.05, 4.69) is 10.5 Å². The van der Waals surface area contributed by atoms with Gasteiger partial charge in [0.25, 0.3) is 0 Å². The molecule has 0 saturated carbocycles. The topological polar surface area (TPSA) is 65.1 Å². The minimum Gasteiger partial charge on any atom is -0.493 e. The number of hydrogen-bond donors (Lipinski definition) is 2. The first-order chi connectivity index (χ1) is 9.12. The third kappa shape index (κ3) is 2.73. The lowest BCUT2D eigenvalue weighted by Crippen LogP contribution is -2.31. The van der Waals surface area contributed by atoms with E-state index in [1.54, 1.807) is 19.4 Å². The number of nitrogens with one attached hydrogen (secondary N) is 1. The Bertz CT molecular complexity index is 548. The highest BCUT2D eigenvalue weighted by atomic mass is 35.5. The molecule has 8 heteroatoms. The summed E-state index contributed by atoms with van der Waals surface area (Å²) in [7, 11) is 1.59. The molecule has 2 aromatic heterocycles. The van der Waals surface area contributed by atoms with Crippen LogP contribution in [-0.2, 0) is 6.54 Å². The van der Waals surface area contributed by atoms with Gasteiger partial charge in [0.15, 0.2) is 5.75 Å². The molecule has 0 aliphatic rings. The summed E-state index contributed by atoms with van der Waals surface area (Å²) in [6.45, 7) is 2.69. The Kier molecular flexibility index (Phi) is 4.70. The number of ether oxygens (including phenoxy) is 1. The molecule has 0 radical (unpaired) electrons. The molecule has 2 heterocycles. The van der Waals surface area contributed by atoms with E-state index >= 15 is 0 Å². The summed E-state index contributed by atoms with van der Waals surface area (Å²) in [6.07, 6.45) is 1.66. The number of aryl methyl sites for hydroxylation is 1. The van der Waals surface area contributed by atoms with Gasteiger partial charge in [0, 0.05) is 12.1 Å². The van der Waals surface area contributed by atoms with Gasteiger partial charge < -0.3 is 4.74 Å². The Morgan fingerprint density at radius 2 is 2.32 bits per heavy atom. The summed E-state index contributed by atoms with van der Waals surface area (Å²) in [5.41, 5.74) is 4.38. The van der Waals surface area contributed by atoms with Crippen LogP contribution in [0.1, 0.15) is 24.2 Å². The molecular weight excluding hydrogens is 307 g/mol. The fraction of sp³-hybridized carbons (Fsp3) is 0.364. The van der Waals surface area contributed by atoms with Gasteiger partial charge in [-0.1, -0.05) is 23.2 Å². The molecule has 0 saturated heterocycles. The van der Waals surface area contributed by atoms with Crippen LogP contribution < -0.4 is 16.0 Å². The highest BCUT2D eigenvalue weighted by Gasteiger charge is 2.25. The number of nitrogens with two attached hydrogens (primary N) is 1. The van der Waals surface area contributed by atoms with Crippen LogP contribution in [0.5, 0.6) is 5.75 Å². The van der Waals surface area contributed by atoms with Crippen LogP contribution in [0.2, 0.25) is 8.67 Å². The SMILES string of the molecule is CCn1ncc(OC)c1C(NN)c1cc(Cl)sc1Cl. The van der Waals surface area contributed by atoms with Crippen molar-refractivity contribution in [2.24, 2.45) is 5.84 Å². The third-order valence-electron chi connectivity index (χ3n) is 2.80. The van der Waals surface area contributed by atoms with Gasteiger partial charge in [-0.25, -0.2) is 5.43 Å².